The number of rotatable bonds is 8. The molecule has 2 heteroatoms. The van der Waals surface area contributed by atoms with Crippen molar-refractivity contribution in [2.75, 3.05) is 26.7 Å². The Bertz CT molecular complexity index is 123. The lowest BCUT2D eigenvalue weighted by Gasteiger charge is -2.27. The first-order valence-electron chi connectivity index (χ1n) is 6.02. The molecule has 0 aromatic heterocycles. The molecule has 1 N–H and O–H groups in total. The Kier molecular flexibility index (Phi) is 8.20. The van der Waals surface area contributed by atoms with E-state index in [-0.39, 0.29) is 0 Å². The van der Waals surface area contributed by atoms with Crippen molar-refractivity contribution in [2.24, 2.45) is 5.92 Å². The molecule has 1 atom stereocenters. The Hall–Kier alpha value is -0.0800. The zero-order valence-corrected chi connectivity index (χ0v) is 10.6. The molecule has 0 saturated heterocycles. The molecule has 1 unspecified atom stereocenters. The van der Waals surface area contributed by atoms with Crippen LogP contribution in [0.4, 0.5) is 0 Å². The van der Waals surface area contributed by atoms with E-state index >= 15 is 0 Å². The normalized spacial score (nSPS) is 13.9. The Morgan fingerprint density at radius 3 is 2.21 bits per heavy atom. The summed E-state index contributed by atoms with van der Waals surface area (Å²) in [6, 6.07) is 0.712. The Morgan fingerprint density at radius 1 is 1.14 bits per heavy atom. The monoisotopic (exact) mass is 200 g/mol. The lowest BCUT2D eigenvalue weighted by atomic mass is 10.1. The third kappa shape index (κ3) is 6.39. The molecule has 0 spiro atoms. The average molecular weight is 200 g/mol. The maximum absolute atomic E-state index is 3.54. The van der Waals surface area contributed by atoms with Gasteiger partial charge in [-0.15, -0.1) is 0 Å². The maximum atomic E-state index is 3.54. The highest BCUT2D eigenvalue weighted by atomic mass is 15.1. The lowest BCUT2D eigenvalue weighted by molar-refractivity contribution is 0.231. The fourth-order valence-corrected chi connectivity index (χ4v) is 1.61. The molecule has 2 nitrogen and oxygen atoms in total. The molecule has 0 aliphatic carbocycles. The lowest BCUT2D eigenvalue weighted by Crippen LogP contribution is -2.40. The summed E-state index contributed by atoms with van der Waals surface area (Å²) in [7, 11) is 2.22. The van der Waals surface area contributed by atoms with Gasteiger partial charge in [0.2, 0.25) is 0 Å². The van der Waals surface area contributed by atoms with Crippen molar-refractivity contribution >= 4 is 0 Å². The summed E-state index contributed by atoms with van der Waals surface area (Å²) in [6.45, 7) is 12.4. The largest absolute Gasteiger partial charge is 0.315 e. The van der Waals surface area contributed by atoms with Crippen LogP contribution in [0, 0.1) is 5.92 Å². The Balaban J connectivity index is 3.72. The molecular weight excluding hydrogens is 172 g/mol. The fourth-order valence-electron chi connectivity index (χ4n) is 1.61. The highest BCUT2D eigenvalue weighted by molar-refractivity contribution is 4.70. The Labute approximate surface area is 90.1 Å². The minimum absolute atomic E-state index is 0.712. The number of hydrogen-bond donors (Lipinski definition) is 1. The van der Waals surface area contributed by atoms with Gasteiger partial charge in [0.1, 0.15) is 0 Å². The van der Waals surface area contributed by atoms with Gasteiger partial charge in [-0.3, -0.25) is 0 Å². The summed E-state index contributed by atoms with van der Waals surface area (Å²) < 4.78 is 0. The van der Waals surface area contributed by atoms with Crippen molar-refractivity contribution < 1.29 is 0 Å². The molecule has 0 radical (unpaired) electrons. The summed E-state index contributed by atoms with van der Waals surface area (Å²) in [5, 5.41) is 3.54. The van der Waals surface area contributed by atoms with Gasteiger partial charge < -0.3 is 10.2 Å². The van der Waals surface area contributed by atoms with E-state index in [1.807, 2.05) is 0 Å². The van der Waals surface area contributed by atoms with E-state index < -0.39 is 0 Å². The van der Waals surface area contributed by atoms with Gasteiger partial charge in [-0.1, -0.05) is 34.1 Å². The summed E-state index contributed by atoms with van der Waals surface area (Å²) in [6.07, 6.45) is 2.58. The van der Waals surface area contributed by atoms with Gasteiger partial charge in [0.15, 0.2) is 0 Å². The van der Waals surface area contributed by atoms with E-state index in [0.717, 1.165) is 25.6 Å². The molecule has 0 aliphatic heterocycles. The first kappa shape index (κ1) is 13.9. The molecule has 0 rings (SSSR count). The molecule has 0 amide bonds. The minimum Gasteiger partial charge on any atom is -0.315 e. The molecule has 0 heterocycles. The van der Waals surface area contributed by atoms with E-state index in [4.69, 9.17) is 0 Å². The molecular formula is C12H28N2. The second-order valence-corrected chi connectivity index (χ2v) is 4.57. The molecule has 0 bridgehead atoms. The van der Waals surface area contributed by atoms with E-state index in [1.54, 1.807) is 0 Å². The second-order valence-electron chi connectivity index (χ2n) is 4.57. The summed E-state index contributed by atoms with van der Waals surface area (Å²) >= 11 is 0. The number of likely N-dealkylation sites (N-methyl/N-ethyl adjacent to an activating group) is 1. The fraction of sp³-hybridized carbons (Fsp3) is 1.00. The second kappa shape index (κ2) is 8.25. The third-order valence-electron chi connectivity index (χ3n) is 2.68. The van der Waals surface area contributed by atoms with Crippen LogP contribution >= 0.6 is 0 Å². The minimum atomic E-state index is 0.712. The van der Waals surface area contributed by atoms with Crippen LogP contribution in [0.3, 0.4) is 0 Å². The molecule has 0 aliphatic rings. The van der Waals surface area contributed by atoms with Gasteiger partial charge in [0.05, 0.1) is 0 Å². The first-order chi connectivity index (χ1) is 6.61. The van der Waals surface area contributed by atoms with Gasteiger partial charge in [0, 0.05) is 12.6 Å². The predicted octanol–water partition coefficient (Wildman–Crippen LogP) is 2.35. The van der Waals surface area contributed by atoms with Crippen LogP contribution in [-0.2, 0) is 0 Å². The quantitative estimate of drug-likeness (QED) is 0.647. The van der Waals surface area contributed by atoms with E-state index in [2.05, 4.69) is 45.0 Å². The third-order valence-corrected chi connectivity index (χ3v) is 2.68. The highest BCUT2D eigenvalue weighted by Gasteiger charge is 2.11. The van der Waals surface area contributed by atoms with Crippen LogP contribution in [0.25, 0.3) is 0 Å². The van der Waals surface area contributed by atoms with Crippen LogP contribution in [0.5, 0.6) is 0 Å². The number of nitrogens with one attached hydrogen (secondary N) is 1. The molecule has 0 aromatic rings. The number of nitrogens with zero attached hydrogens (tertiary/aromatic N) is 1. The van der Waals surface area contributed by atoms with Gasteiger partial charge in [0.25, 0.3) is 0 Å². The van der Waals surface area contributed by atoms with Gasteiger partial charge in [-0.2, -0.15) is 0 Å². The van der Waals surface area contributed by atoms with Crippen molar-refractivity contribution in [3.63, 3.8) is 0 Å². The zero-order chi connectivity index (χ0) is 11.0. The van der Waals surface area contributed by atoms with Crippen LogP contribution in [0.1, 0.15) is 40.5 Å². The SMILES string of the molecule is CCCC(CNCC(C)C)N(C)CC. The molecule has 0 fully saturated rings. The van der Waals surface area contributed by atoms with Crippen LogP contribution in [0.15, 0.2) is 0 Å². The van der Waals surface area contributed by atoms with E-state index in [1.165, 1.54) is 12.8 Å². The van der Waals surface area contributed by atoms with Gasteiger partial charge in [-0.05, 0) is 32.5 Å². The standard InChI is InChI=1S/C12H28N2/c1-6-8-12(14(5)7-2)10-13-9-11(3)4/h11-13H,6-10H2,1-5H3. The molecule has 0 saturated carbocycles. The van der Waals surface area contributed by atoms with Crippen molar-refractivity contribution in [1.29, 1.82) is 0 Å². The van der Waals surface area contributed by atoms with E-state index in [0.29, 0.717) is 6.04 Å². The van der Waals surface area contributed by atoms with E-state index in [9.17, 15) is 0 Å². The summed E-state index contributed by atoms with van der Waals surface area (Å²) in [4.78, 5) is 2.44. The van der Waals surface area contributed by atoms with Crippen molar-refractivity contribution in [3.05, 3.63) is 0 Å². The van der Waals surface area contributed by atoms with Crippen molar-refractivity contribution in [3.8, 4) is 0 Å². The van der Waals surface area contributed by atoms with Crippen LogP contribution in [-0.4, -0.2) is 37.6 Å². The Morgan fingerprint density at radius 2 is 1.79 bits per heavy atom. The van der Waals surface area contributed by atoms with Crippen molar-refractivity contribution in [1.82, 2.24) is 10.2 Å². The maximum Gasteiger partial charge on any atom is 0.0217 e. The summed E-state index contributed by atoms with van der Waals surface area (Å²) in [5.41, 5.74) is 0. The molecule has 86 valence electrons. The van der Waals surface area contributed by atoms with Crippen LogP contribution in [0.2, 0.25) is 0 Å². The predicted molar refractivity (Wildman–Crippen MR) is 64.7 cm³/mol. The smallest absolute Gasteiger partial charge is 0.0217 e. The summed E-state index contributed by atoms with van der Waals surface area (Å²) in [5.74, 6) is 0.754. The highest BCUT2D eigenvalue weighted by Crippen LogP contribution is 2.03. The zero-order valence-electron chi connectivity index (χ0n) is 10.6. The molecule has 0 aromatic carbocycles. The first-order valence-corrected chi connectivity index (χ1v) is 6.02. The van der Waals surface area contributed by atoms with Gasteiger partial charge >= 0.3 is 0 Å². The number of hydrogen-bond acceptors (Lipinski definition) is 2. The van der Waals surface area contributed by atoms with Gasteiger partial charge in [-0.25, -0.2) is 0 Å². The van der Waals surface area contributed by atoms with Crippen molar-refractivity contribution in [2.45, 2.75) is 46.6 Å². The molecule has 14 heavy (non-hydrogen) atoms. The average Bonchev–Trinajstić information content (AvgIpc) is 2.15. The van der Waals surface area contributed by atoms with Crippen LogP contribution < -0.4 is 5.32 Å². The topological polar surface area (TPSA) is 15.3 Å².